The molecule has 0 atom stereocenters. The number of thiophene rings is 1. The summed E-state index contributed by atoms with van der Waals surface area (Å²) in [6, 6.07) is 4.04. The first kappa shape index (κ1) is 16.6. The Morgan fingerprint density at radius 3 is 2.58 bits per heavy atom. The van der Waals surface area contributed by atoms with Gasteiger partial charge >= 0.3 is 0 Å². The van der Waals surface area contributed by atoms with Gasteiger partial charge in [-0.15, -0.1) is 11.3 Å². The standard InChI is InChI=1S/C13H21BrN2O2S/c1-3-15(7-8-17)10-13(18)16(4-2)9-11-5-6-12(14)19-11/h5-6,17H,3-4,7-10H2,1-2H3. The number of likely N-dealkylation sites (N-methyl/N-ethyl adjacent to an activating group) is 2. The lowest BCUT2D eigenvalue weighted by Gasteiger charge is -2.25. The first-order valence-electron chi connectivity index (χ1n) is 6.45. The van der Waals surface area contributed by atoms with Crippen LogP contribution in [-0.2, 0) is 11.3 Å². The van der Waals surface area contributed by atoms with E-state index in [1.165, 1.54) is 4.88 Å². The summed E-state index contributed by atoms with van der Waals surface area (Å²) in [4.78, 5) is 17.2. The summed E-state index contributed by atoms with van der Waals surface area (Å²) in [6.07, 6.45) is 0. The van der Waals surface area contributed by atoms with Crippen molar-refractivity contribution in [2.75, 3.05) is 32.8 Å². The van der Waals surface area contributed by atoms with Gasteiger partial charge in [-0.05, 0) is 41.5 Å². The topological polar surface area (TPSA) is 43.8 Å². The Morgan fingerprint density at radius 1 is 1.37 bits per heavy atom. The third-order valence-corrected chi connectivity index (χ3v) is 4.54. The van der Waals surface area contributed by atoms with Crippen molar-refractivity contribution in [3.63, 3.8) is 0 Å². The Morgan fingerprint density at radius 2 is 2.11 bits per heavy atom. The van der Waals surface area contributed by atoms with Crippen LogP contribution in [0, 0.1) is 0 Å². The summed E-state index contributed by atoms with van der Waals surface area (Å²) >= 11 is 5.09. The fourth-order valence-corrected chi connectivity index (χ4v) is 3.28. The number of hydrogen-bond donors (Lipinski definition) is 1. The zero-order valence-electron chi connectivity index (χ0n) is 11.4. The number of nitrogens with zero attached hydrogens (tertiary/aromatic N) is 2. The van der Waals surface area contributed by atoms with E-state index in [9.17, 15) is 4.79 Å². The maximum atomic E-state index is 12.2. The molecule has 0 aliphatic heterocycles. The molecule has 0 saturated heterocycles. The van der Waals surface area contributed by atoms with Crippen molar-refractivity contribution < 1.29 is 9.90 Å². The lowest BCUT2D eigenvalue weighted by molar-refractivity contribution is -0.132. The van der Waals surface area contributed by atoms with Gasteiger partial charge in [-0.1, -0.05) is 6.92 Å². The second-order valence-corrected chi connectivity index (χ2v) is 6.75. The number of hydrogen-bond acceptors (Lipinski definition) is 4. The van der Waals surface area contributed by atoms with Crippen molar-refractivity contribution >= 4 is 33.2 Å². The summed E-state index contributed by atoms with van der Waals surface area (Å²) in [7, 11) is 0. The molecule has 0 aromatic carbocycles. The van der Waals surface area contributed by atoms with Gasteiger partial charge in [0.1, 0.15) is 0 Å². The molecule has 4 nitrogen and oxygen atoms in total. The molecule has 0 radical (unpaired) electrons. The highest BCUT2D eigenvalue weighted by molar-refractivity contribution is 9.11. The molecule has 0 aliphatic rings. The summed E-state index contributed by atoms with van der Waals surface area (Å²) in [5.41, 5.74) is 0. The van der Waals surface area contributed by atoms with Crippen LogP contribution in [0.1, 0.15) is 18.7 Å². The van der Waals surface area contributed by atoms with Gasteiger partial charge in [-0.25, -0.2) is 0 Å². The van der Waals surface area contributed by atoms with Gasteiger partial charge in [0.05, 0.1) is 23.5 Å². The molecular weight excluding hydrogens is 328 g/mol. The zero-order chi connectivity index (χ0) is 14.3. The van der Waals surface area contributed by atoms with Crippen molar-refractivity contribution in [1.82, 2.24) is 9.80 Å². The van der Waals surface area contributed by atoms with Crippen LogP contribution in [0.5, 0.6) is 0 Å². The highest BCUT2D eigenvalue weighted by atomic mass is 79.9. The normalized spacial score (nSPS) is 11.0. The van der Waals surface area contributed by atoms with Gasteiger partial charge in [-0.2, -0.15) is 0 Å². The summed E-state index contributed by atoms with van der Waals surface area (Å²) in [5, 5.41) is 8.94. The van der Waals surface area contributed by atoms with Gasteiger partial charge in [0.25, 0.3) is 0 Å². The van der Waals surface area contributed by atoms with Crippen molar-refractivity contribution in [2.45, 2.75) is 20.4 Å². The van der Waals surface area contributed by atoms with Crippen molar-refractivity contribution in [2.24, 2.45) is 0 Å². The minimum Gasteiger partial charge on any atom is -0.395 e. The monoisotopic (exact) mass is 348 g/mol. The molecule has 0 bridgehead atoms. The van der Waals surface area contributed by atoms with Crippen LogP contribution in [-0.4, -0.2) is 53.6 Å². The van der Waals surface area contributed by atoms with E-state index in [-0.39, 0.29) is 12.5 Å². The number of amides is 1. The third-order valence-electron chi connectivity index (χ3n) is 2.93. The number of halogens is 1. The van der Waals surface area contributed by atoms with E-state index in [4.69, 9.17) is 5.11 Å². The highest BCUT2D eigenvalue weighted by Gasteiger charge is 2.16. The van der Waals surface area contributed by atoms with Crippen LogP contribution in [0.15, 0.2) is 15.9 Å². The Kier molecular flexibility index (Phi) is 7.60. The minimum atomic E-state index is 0.0884. The van der Waals surface area contributed by atoms with E-state index in [1.807, 2.05) is 35.8 Å². The van der Waals surface area contributed by atoms with Crippen LogP contribution in [0.4, 0.5) is 0 Å². The molecule has 1 heterocycles. The highest BCUT2D eigenvalue weighted by Crippen LogP contribution is 2.23. The molecule has 1 N–H and O–H groups in total. The smallest absolute Gasteiger partial charge is 0.237 e. The molecule has 1 aromatic rings. The van der Waals surface area contributed by atoms with Gasteiger partial charge in [0, 0.05) is 18.0 Å². The van der Waals surface area contributed by atoms with E-state index in [0.717, 1.165) is 10.3 Å². The van der Waals surface area contributed by atoms with Crippen molar-refractivity contribution in [3.05, 3.63) is 20.8 Å². The molecule has 0 spiro atoms. The molecule has 108 valence electrons. The Balaban J connectivity index is 2.56. The molecule has 0 aliphatic carbocycles. The summed E-state index contributed by atoms with van der Waals surface area (Å²) < 4.78 is 1.08. The van der Waals surface area contributed by atoms with E-state index in [1.54, 1.807) is 11.3 Å². The predicted molar refractivity (Wildman–Crippen MR) is 82.3 cm³/mol. The van der Waals surface area contributed by atoms with Crippen LogP contribution in [0.25, 0.3) is 0 Å². The number of rotatable bonds is 8. The number of carbonyl (C=O) groups excluding carboxylic acids is 1. The summed E-state index contributed by atoms with van der Waals surface area (Å²) in [6.45, 7) is 7.12. The molecular formula is C13H21BrN2O2S. The molecule has 1 rings (SSSR count). The van der Waals surface area contributed by atoms with E-state index < -0.39 is 0 Å². The largest absolute Gasteiger partial charge is 0.395 e. The predicted octanol–water partition coefficient (Wildman–Crippen LogP) is 2.17. The average Bonchev–Trinajstić information content (AvgIpc) is 2.80. The first-order valence-corrected chi connectivity index (χ1v) is 8.06. The van der Waals surface area contributed by atoms with E-state index in [2.05, 4.69) is 15.9 Å². The maximum absolute atomic E-state index is 12.2. The van der Waals surface area contributed by atoms with Crippen LogP contribution < -0.4 is 0 Å². The fraction of sp³-hybridized carbons (Fsp3) is 0.615. The van der Waals surface area contributed by atoms with E-state index >= 15 is 0 Å². The average molecular weight is 349 g/mol. The van der Waals surface area contributed by atoms with Crippen LogP contribution >= 0.6 is 27.3 Å². The molecule has 1 amide bonds. The fourth-order valence-electron chi connectivity index (χ4n) is 1.78. The van der Waals surface area contributed by atoms with Crippen molar-refractivity contribution in [3.8, 4) is 0 Å². The van der Waals surface area contributed by atoms with Gasteiger partial charge < -0.3 is 10.0 Å². The molecule has 6 heteroatoms. The van der Waals surface area contributed by atoms with Crippen LogP contribution in [0.3, 0.4) is 0 Å². The molecule has 19 heavy (non-hydrogen) atoms. The van der Waals surface area contributed by atoms with E-state index in [0.29, 0.717) is 26.2 Å². The third kappa shape index (κ3) is 5.60. The second-order valence-electron chi connectivity index (χ2n) is 4.21. The summed E-state index contributed by atoms with van der Waals surface area (Å²) in [5.74, 6) is 0.113. The molecule has 0 fully saturated rings. The number of carbonyl (C=O) groups is 1. The number of aliphatic hydroxyl groups is 1. The molecule has 0 saturated carbocycles. The van der Waals surface area contributed by atoms with Gasteiger partial charge in [-0.3, -0.25) is 9.69 Å². The Hall–Kier alpha value is -0.430. The number of aliphatic hydroxyl groups excluding tert-OH is 1. The van der Waals surface area contributed by atoms with Gasteiger partial charge in [0.2, 0.25) is 5.91 Å². The second kappa shape index (κ2) is 8.68. The Labute approximate surface area is 127 Å². The zero-order valence-corrected chi connectivity index (χ0v) is 13.8. The van der Waals surface area contributed by atoms with Gasteiger partial charge in [0.15, 0.2) is 0 Å². The lowest BCUT2D eigenvalue weighted by atomic mass is 10.3. The minimum absolute atomic E-state index is 0.0884. The SMILES string of the molecule is CCN(CCO)CC(=O)N(CC)Cc1ccc(Br)s1. The quantitative estimate of drug-likeness (QED) is 0.782. The maximum Gasteiger partial charge on any atom is 0.237 e. The first-order chi connectivity index (χ1) is 9.10. The molecule has 0 unspecified atom stereocenters. The Bertz CT molecular complexity index is 398. The lowest BCUT2D eigenvalue weighted by Crippen LogP contribution is -2.40. The van der Waals surface area contributed by atoms with Crippen molar-refractivity contribution in [1.29, 1.82) is 0 Å². The molecule has 1 aromatic heterocycles. The van der Waals surface area contributed by atoms with Crippen LogP contribution in [0.2, 0.25) is 0 Å².